The SMILES string of the molecule is COc1cccc(C(=O)N2CCCC(C(=O)O)C2)c1OC(F)F. The Hall–Kier alpha value is -2.38. The van der Waals surface area contributed by atoms with E-state index in [0.717, 1.165) is 0 Å². The van der Waals surface area contributed by atoms with Crippen molar-refractivity contribution in [3.63, 3.8) is 0 Å². The van der Waals surface area contributed by atoms with Gasteiger partial charge in [0.05, 0.1) is 18.6 Å². The molecule has 0 aromatic heterocycles. The van der Waals surface area contributed by atoms with Crippen LogP contribution in [0, 0.1) is 5.92 Å². The topological polar surface area (TPSA) is 76.1 Å². The largest absolute Gasteiger partial charge is 0.493 e. The zero-order valence-electron chi connectivity index (χ0n) is 12.5. The summed E-state index contributed by atoms with van der Waals surface area (Å²) < 4.78 is 34.6. The van der Waals surface area contributed by atoms with Gasteiger partial charge in [-0.2, -0.15) is 8.78 Å². The molecule has 8 heteroatoms. The maximum absolute atomic E-state index is 12.6. The number of carboxylic acids is 1. The first-order valence-electron chi connectivity index (χ1n) is 7.08. The number of amides is 1. The smallest absolute Gasteiger partial charge is 0.387 e. The average molecular weight is 329 g/mol. The molecule has 6 nitrogen and oxygen atoms in total. The second-order valence-corrected chi connectivity index (χ2v) is 5.14. The summed E-state index contributed by atoms with van der Waals surface area (Å²) in [5.74, 6) is -2.50. The number of piperidine rings is 1. The number of alkyl halides is 2. The fourth-order valence-corrected chi connectivity index (χ4v) is 2.59. The predicted molar refractivity (Wildman–Crippen MR) is 75.9 cm³/mol. The number of carbonyl (C=O) groups is 2. The van der Waals surface area contributed by atoms with E-state index in [0.29, 0.717) is 19.4 Å². The van der Waals surface area contributed by atoms with Crippen molar-refractivity contribution in [2.45, 2.75) is 19.5 Å². The number of halogens is 2. The molecule has 2 rings (SSSR count). The first-order valence-corrected chi connectivity index (χ1v) is 7.08. The fourth-order valence-electron chi connectivity index (χ4n) is 2.59. The van der Waals surface area contributed by atoms with E-state index in [4.69, 9.17) is 9.84 Å². The van der Waals surface area contributed by atoms with Crippen LogP contribution in [0.3, 0.4) is 0 Å². The Labute approximate surface area is 131 Å². The van der Waals surface area contributed by atoms with E-state index in [1.165, 1.54) is 30.2 Å². The highest BCUT2D eigenvalue weighted by molar-refractivity contribution is 5.98. The van der Waals surface area contributed by atoms with Crippen LogP contribution in [-0.4, -0.2) is 48.7 Å². The molecule has 1 aromatic carbocycles. The van der Waals surface area contributed by atoms with Gasteiger partial charge in [-0.1, -0.05) is 6.07 Å². The average Bonchev–Trinajstić information content (AvgIpc) is 2.54. The van der Waals surface area contributed by atoms with Crippen LogP contribution >= 0.6 is 0 Å². The zero-order valence-corrected chi connectivity index (χ0v) is 12.5. The Balaban J connectivity index is 2.29. The number of benzene rings is 1. The van der Waals surface area contributed by atoms with Gasteiger partial charge in [0.15, 0.2) is 11.5 Å². The van der Waals surface area contributed by atoms with Gasteiger partial charge in [-0.15, -0.1) is 0 Å². The maximum Gasteiger partial charge on any atom is 0.387 e. The minimum Gasteiger partial charge on any atom is -0.493 e. The molecule has 126 valence electrons. The Morgan fingerprint density at radius 1 is 1.39 bits per heavy atom. The first kappa shape index (κ1) is 17.0. The molecule has 1 heterocycles. The number of carboxylic acid groups (broad SMARTS) is 1. The van der Waals surface area contributed by atoms with Crippen LogP contribution in [0.4, 0.5) is 8.78 Å². The number of rotatable bonds is 5. The third kappa shape index (κ3) is 3.88. The highest BCUT2D eigenvalue weighted by Crippen LogP contribution is 2.34. The number of carbonyl (C=O) groups excluding carboxylic acids is 1. The second-order valence-electron chi connectivity index (χ2n) is 5.14. The lowest BCUT2D eigenvalue weighted by atomic mass is 9.97. The van der Waals surface area contributed by atoms with Crippen molar-refractivity contribution in [1.29, 1.82) is 0 Å². The van der Waals surface area contributed by atoms with Crippen molar-refractivity contribution < 1.29 is 33.0 Å². The van der Waals surface area contributed by atoms with Crippen LogP contribution in [0.15, 0.2) is 18.2 Å². The van der Waals surface area contributed by atoms with Gasteiger partial charge in [-0.3, -0.25) is 9.59 Å². The number of hydrogen-bond donors (Lipinski definition) is 1. The standard InChI is InChI=1S/C15H17F2NO5/c1-22-11-6-2-5-10(12(11)23-15(16)17)13(19)18-7-3-4-9(8-18)14(20)21/h2,5-6,9,15H,3-4,7-8H2,1H3,(H,20,21). The molecule has 1 N–H and O–H groups in total. The van der Waals surface area contributed by atoms with E-state index >= 15 is 0 Å². The quantitative estimate of drug-likeness (QED) is 0.896. The molecular formula is C15H17F2NO5. The van der Waals surface area contributed by atoms with Gasteiger partial charge in [0, 0.05) is 13.1 Å². The van der Waals surface area contributed by atoms with Crippen LogP contribution in [0.25, 0.3) is 0 Å². The molecule has 1 unspecified atom stereocenters. The molecule has 1 atom stereocenters. The fraction of sp³-hybridized carbons (Fsp3) is 0.467. The molecule has 23 heavy (non-hydrogen) atoms. The van der Waals surface area contributed by atoms with Gasteiger partial charge < -0.3 is 19.5 Å². The zero-order chi connectivity index (χ0) is 17.0. The highest BCUT2D eigenvalue weighted by atomic mass is 19.3. The number of para-hydroxylation sites is 1. The molecular weight excluding hydrogens is 312 g/mol. The van der Waals surface area contributed by atoms with Gasteiger partial charge in [-0.25, -0.2) is 0 Å². The van der Waals surface area contributed by atoms with E-state index < -0.39 is 24.4 Å². The van der Waals surface area contributed by atoms with Crippen molar-refractivity contribution >= 4 is 11.9 Å². The predicted octanol–water partition coefficient (Wildman–Crippen LogP) is 2.23. The van der Waals surface area contributed by atoms with Crippen LogP contribution in [0.5, 0.6) is 11.5 Å². The summed E-state index contributed by atoms with van der Waals surface area (Å²) in [6.45, 7) is -2.70. The first-order chi connectivity index (χ1) is 10.9. The summed E-state index contributed by atoms with van der Waals surface area (Å²) in [6, 6.07) is 4.25. The lowest BCUT2D eigenvalue weighted by molar-refractivity contribution is -0.143. The number of hydrogen-bond acceptors (Lipinski definition) is 4. The third-order valence-corrected chi connectivity index (χ3v) is 3.69. The van der Waals surface area contributed by atoms with Crippen molar-refractivity contribution in [1.82, 2.24) is 4.90 Å². The van der Waals surface area contributed by atoms with Crippen molar-refractivity contribution in [3.05, 3.63) is 23.8 Å². The van der Waals surface area contributed by atoms with E-state index in [9.17, 15) is 18.4 Å². The van der Waals surface area contributed by atoms with Gasteiger partial charge >= 0.3 is 12.6 Å². The van der Waals surface area contributed by atoms with E-state index in [1.807, 2.05) is 0 Å². The van der Waals surface area contributed by atoms with Gasteiger partial charge in [-0.05, 0) is 25.0 Å². The highest BCUT2D eigenvalue weighted by Gasteiger charge is 2.31. The molecule has 1 aliphatic heterocycles. The molecule has 1 fully saturated rings. The Morgan fingerprint density at radius 2 is 2.13 bits per heavy atom. The minimum absolute atomic E-state index is 0.0166. The van der Waals surface area contributed by atoms with Gasteiger partial charge in [0.2, 0.25) is 0 Å². The lowest BCUT2D eigenvalue weighted by Crippen LogP contribution is -2.42. The molecule has 0 aliphatic carbocycles. The Kier molecular flexibility index (Phi) is 5.36. The summed E-state index contributed by atoms with van der Waals surface area (Å²) in [6.07, 6.45) is 1.02. The third-order valence-electron chi connectivity index (χ3n) is 3.69. The van der Waals surface area contributed by atoms with Crippen LogP contribution in [0.1, 0.15) is 23.2 Å². The van der Waals surface area contributed by atoms with Gasteiger partial charge in [0.1, 0.15) is 0 Å². The summed E-state index contributed by atoms with van der Waals surface area (Å²) in [7, 11) is 1.28. The number of methoxy groups -OCH3 is 1. The molecule has 0 radical (unpaired) electrons. The molecule has 0 spiro atoms. The lowest BCUT2D eigenvalue weighted by Gasteiger charge is -2.31. The molecule has 1 saturated heterocycles. The summed E-state index contributed by atoms with van der Waals surface area (Å²) in [5, 5.41) is 9.08. The number of ether oxygens (including phenoxy) is 2. The second kappa shape index (κ2) is 7.26. The number of likely N-dealkylation sites (tertiary alicyclic amines) is 1. The number of aliphatic carboxylic acids is 1. The Morgan fingerprint density at radius 3 is 2.74 bits per heavy atom. The molecule has 1 aromatic rings. The van der Waals surface area contributed by atoms with Crippen LogP contribution in [-0.2, 0) is 4.79 Å². The van der Waals surface area contributed by atoms with E-state index in [-0.39, 0.29) is 23.6 Å². The normalized spacial score (nSPS) is 17.9. The maximum atomic E-state index is 12.6. The number of nitrogens with zero attached hydrogens (tertiary/aromatic N) is 1. The van der Waals surface area contributed by atoms with Crippen LogP contribution < -0.4 is 9.47 Å². The summed E-state index contributed by atoms with van der Waals surface area (Å²) in [4.78, 5) is 25.0. The van der Waals surface area contributed by atoms with E-state index in [2.05, 4.69) is 4.74 Å². The molecule has 0 saturated carbocycles. The van der Waals surface area contributed by atoms with Gasteiger partial charge in [0.25, 0.3) is 5.91 Å². The molecule has 0 bridgehead atoms. The minimum atomic E-state index is -3.11. The molecule has 1 aliphatic rings. The summed E-state index contributed by atoms with van der Waals surface area (Å²) in [5.41, 5.74) is -0.0734. The van der Waals surface area contributed by atoms with Crippen LogP contribution in [0.2, 0.25) is 0 Å². The molecule has 1 amide bonds. The van der Waals surface area contributed by atoms with E-state index in [1.54, 1.807) is 0 Å². The monoisotopic (exact) mass is 329 g/mol. The van der Waals surface area contributed by atoms with Crippen molar-refractivity contribution in [2.75, 3.05) is 20.2 Å². The van der Waals surface area contributed by atoms with Crippen molar-refractivity contribution in [3.8, 4) is 11.5 Å². The Bertz CT molecular complexity index is 593. The summed E-state index contributed by atoms with van der Waals surface area (Å²) >= 11 is 0. The van der Waals surface area contributed by atoms with Crippen molar-refractivity contribution in [2.24, 2.45) is 5.92 Å².